The summed E-state index contributed by atoms with van der Waals surface area (Å²) < 4.78 is 17.0. The molecule has 2 saturated heterocycles. The van der Waals surface area contributed by atoms with E-state index in [-0.39, 0.29) is 11.4 Å². The molecule has 3 heterocycles. The van der Waals surface area contributed by atoms with Crippen molar-refractivity contribution in [3.63, 3.8) is 0 Å². The van der Waals surface area contributed by atoms with Gasteiger partial charge in [0.15, 0.2) is 0 Å². The molecular formula is C24H28N2O4. The van der Waals surface area contributed by atoms with Crippen LogP contribution in [-0.4, -0.2) is 61.8 Å². The average Bonchev–Trinajstić information content (AvgIpc) is 3.37. The maximum atomic E-state index is 13.1. The molecular weight excluding hydrogens is 380 g/mol. The smallest absolute Gasteiger partial charge is 0.251 e. The van der Waals surface area contributed by atoms with E-state index in [9.17, 15) is 4.79 Å². The van der Waals surface area contributed by atoms with Crippen LogP contribution in [0.4, 0.5) is 0 Å². The number of carbonyl (C=O) groups excluding carboxylic acids is 1. The number of rotatable bonds is 4. The number of amides is 1. The summed E-state index contributed by atoms with van der Waals surface area (Å²) in [7, 11) is 1.69. The topological polar surface area (TPSA) is 51.2 Å². The molecule has 0 bridgehead atoms. The van der Waals surface area contributed by atoms with Crippen LogP contribution >= 0.6 is 0 Å². The molecule has 5 rings (SSSR count). The summed E-state index contributed by atoms with van der Waals surface area (Å²) in [6, 6.07) is 16.8. The number of hydrogen-bond donors (Lipinski definition) is 0. The van der Waals surface area contributed by atoms with Gasteiger partial charge in [0.2, 0.25) is 0 Å². The minimum atomic E-state index is -0.401. The van der Waals surface area contributed by atoms with Crippen LogP contribution in [0.25, 0.3) is 0 Å². The minimum Gasteiger partial charge on any atom is -0.497 e. The molecule has 0 N–H and O–H groups in total. The maximum Gasteiger partial charge on any atom is 0.251 e. The SMILES string of the molecule is COc1cccc(CN2Cc3ccccc3[C@]23CO[C@@H](C(=O)N2CCOCC2)C3)c1. The first-order valence-electron chi connectivity index (χ1n) is 10.6. The fraction of sp³-hybridized carbons (Fsp3) is 0.458. The highest BCUT2D eigenvalue weighted by Crippen LogP contribution is 2.47. The Bertz CT molecular complexity index is 927. The van der Waals surface area contributed by atoms with Gasteiger partial charge in [-0.25, -0.2) is 0 Å². The van der Waals surface area contributed by atoms with Crippen LogP contribution in [0, 0.1) is 0 Å². The Hall–Kier alpha value is -2.41. The van der Waals surface area contributed by atoms with Crippen LogP contribution in [0.3, 0.4) is 0 Å². The van der Waals surface area contributed by atoms with Crippen molar-refractivity contribution in [2.45, 2.75) is 31.2 Å². The lowest BCUT2D eigenvalue weighted by Crippen LogP contribution is -2.46. The molecule has 0 aromatic heterocycles. The van der Waals surface area contributed by atoms with Crippen molar-refractivity contribution >= 4 is 5.91 Å². The summed E-state index contributed by atoms with van der Waals surface area (Å²) in [5, 5.41) is 0. The van der Waals surface area contributed by atoms with Gasteiger partial charge in [-0.2, -0.15) is 0 Å². The van der Waals surface area contributed by atoms with Gasteiger partial charge in [0.05, 0.1) is 32.5 Å². The van der Waals surface area contributed by atoms with E-state index in [1.165, 1.54) is 16.7 Å². The fourth-order valence-electron chi connectivity index (χ4n) is 5.05. The van der Waals surface area contributed by atoms with Gasteiger partial charge in [0.1, 0.15) is 11.9 Å². The number of nitrogens with zero attached hydrogens (tertiary/aromatic N) is 2. The van der Waals surface area contributed by atoms with E-state index in [1.54, 1.807) is 7.11 Å². The van der Waals surface area contributed by atoms with Crippen LogP contribution in [0.15, 0.2) is 48.5 Å². The Balaban J connectivity index is 1.42. The molecule has 2 aromatic rings. The van der Waals surface area contributed by atoms with Gasteiger partial charge >= 0.3 is 0 Å². The number of hydrogen-bond acceptors (Lipinski definition) is 5. The highest BCUT2D eigenvalue weighted by molar-refractivity contribution is 5.81. The third kappa shape index (κ3) is 3.39. The standard InChI is InChI=1S/C24H28N2O4/c1-28-20-7-4-5-18(13-20)15-26-16-19-6-2-3-8-21(19)24(26)14-22(30-17-24)23(27)25-9-11-29-12-10-25/h2-8,13,22H,9-12,14-17H2,1H3/t22-,24+/m1/s1. The lowest BCUT2D eigenvalue weighted by molar-refractivity contribution is -0.144. The molecule has 0 aliphatic carbocycles. The molecule has 6 nitrogen and oxygen atoms in total. The van der Waals surface area contributed by atoms with Gasteiger partial charge in [-0.05, 0) is 28.8 Å². The van der Waals surface area contributed by atoms with E-state index in [4.69, 9.17) is 14.2 Å². The first-order chi connectivity index (χ1) is 14.7. The molecule has 0 unspecified atom stereocenters. The minimum absolute atomic E-state index is 0.0980. The predicted octanol–water partition coefficient (Wildman–Crippen LogP) is 2.55. The summed E-state index contributed by atoms with van der Waals surface area (Å²) in [4.78, 5) is 17.5. The van der Waals surface area contributed by atoms with Crippen LogP contribution in [-0.2, 0) is 32.9 Å². The summed E-state index contributed by atoms with van der Waals surface area (Å²) in [5.74, 6) is 0.960. The second-order valence-corrected chi connectivity index (χ2v) is 8.34. The van der Waals surface area contributed by atoms with Crippen LogP contribution in [0.1, 0.15) is 23.1 Å². The number of fused-ring (bicyclic) bond motifs is 2. The van der Waals surface area contributed by atoms with Crippen molar-refractivity contribution in [3.8, 4) is 5.75 Å². The second kappa shape index (κ2) is 8.02. The predicted molar refractivity (Wildman–Crippen MR) is 112 cm³/mol. The Morgan fingerprint density at radius 2 is 2.00 bits per heavy atom. The van der Waals surface area contributed by atoms with Gasteiger partial charge in [-0.3, -0.25) is 9.69 Å². The molecule has 3 aliphatic heterocycles. The zero-order chi connectivity index (χ0) is 20.6. The van der Waals surface area contributed by atoms with Gasteiger partial charge in [-0.15, -0.1) is 0 Å². The van der Waals surface area contributed by atoms with E-state index in [0.29, 0.717) is 39.3 Å². The highest BCUT2D eigenvalue weighted by Gasteiger charge is 2.52. The summed E-state index contributed by atoms with van der Waals surface area (Å²) in [6.07, 6.45) is 0.284. The van der Waals surface area contributed by atoms with Gasteiger partial charge in [0, 0.05) is 32.6 Å². The van der Waals surface area contributed by atoms with E-state index in [0.717, 1.165) is 18.8 Å². The molecule has 30 heavy (non-hydrogen) atoms. The number of carbonyl (C=O) groups is 1. The summed E-state index contributed by atoms with van der Waals surface area (Å²) >= 11 is 0. The molecule has 3 aliphatic rings. The molecule has 158 valence electrons. The van der Waals surface area contributed by atoms with Crippen molar-refractivity contribution in [2.24, 2.45) is 0 Å². The average molecular weight is 408 g/mol. The largest absolute Gasteiger partial charge is 0.497 e. The molecule has 6 heteroatoms. The Kier molecular flexibility index (Phi) is 5.23. The quantitative estimate of drug-likeness (QED) is 0.778. The van der Waals surface area contributed by atoms with Crippen molar-refractivity contribution in [2.75, 3.05) is 40.0 Å². The summed E-state index contributed by atoms with van der Waals surface area (Å²) in [6.45, 7) is 4.69. The van der Waals surface area contributed by atoms with E-state index < -0.39 is 6.10 Å². The number of methoxy groups -OCH3 is 1. The van der Waals surface area contributed by atoms with Gasteiger partial charge in [0.25, 0.3) is 5.91 Å². The number of morpholine rings is 1. The van der Waals surface area contributed by atoms with E-state index in [1.807, 2.05) is 17.0 Å². The number of ether oxygens (including phenoxy) is 3. The third-order valence-electron chi connectivity index (χ3n) is 6.64. The number of benzene rings is 2. The zero-order valence-corrected chi connectivity index (χ0v) is 17.4. The molecule has 1 amide bonds. The van der Waals surface area contributed by atoms with Gasteiger partial charge in [-0.1, -0.05) is 36.4 Å². The lowest BCUT2D eigenvalue weighted by Gasteiger charge is -2.35. The molecule has 2 aromatic carbocycles. The first kappa shape index (κ1) is 19.5. The van der Waals surface area contributed by atoms with Crippen LogP contribution in [0.5, 0.6) is 5.75 Å². The molecule has 2 atom stereocenters. The Labute approximate surface area is 177 Å². The van der Waals surface area contributed by atoms with Gasteiger partial charge < -0.3 is 19.1 Å². The first-order valence-corrected chi connectivity index (χ1v) is 10.6. The Morgan fingerprint density at radius 3 is 2.83 bits per heavy atom. The zero-order valence-electron chi connectivity index (χ0n) is 17.4. The van der Waals surface area contributed by atoms with E-state index in [2.05, 4.69) is 41.3 Å². The maximum absolute atomic E-state index is 13.1. The molecule has 2 fully saturated rings. The lowest BCUT2D eigenvalue weighted by atomic mass is 9.86. The van der Waals surface area contributed by atoms with Crippen LogP contribution < -0.4 is 4.74 Å². The second-order valence-electron chi connectivity index (χ2n) is 8.34. The third-order valence-corrected chi connectivity index (χ3v) is 6.64. The summed E-state index contributed by atoms with van der Waals surface area (Å²) in [5.41, 5.74) is 3.55. The van der Waals surface area contributed by atoms with Crippen molar-refractivity contribution < 1.29 is 19.0 Å². The molecule has 0 radical (unpaired) electrons. The normalized spacial score (nSPS) is 26.2. The molecule has 0 saturated carbocycles. The fourth-order valence-corrected chi connectivity index (χ4v) is 5.05. The van der Waals surface area contributed by atoms with Crippen molar-refractivity contribution in [1.29, 1.82) is 0 Å². The molecule has 1 spiro atoms. The monoisotopic (exact) mass is 408 g/mol. The van der Waals surface area contributed by atoms with Crippen molar-refractivity contribution in [3.05, 3.63) is 65.2 Å². The highest BCUT2D eigenvalue weighted by atomic mass is 16.5. The van der Waals surface area contributed by atoms with Crippen LogP contribution in [0.2, 0.25) is 0 Å². The van der Waals surface area contributed by atoms with Crippen molar-refractivity contribution in [1.82, 2.24) is 9.80 Å². The Morgan fingerprint density at radius 1 is 1.17 bits per heavy atom. The van der Waals surface area contributed by atoms with E-state index >= 15 is 0 Å².